The number of halogens is 2. The molecule has 0 spiro atoms. The molecule has 34 heavy (non-hydrogen) atoms. The average molecular weight is 526 g/mol. The summed E-state index contributed by atoms with van der Waals surface area (Å²) < 4.78 is 26.1. The monoisotopic (exact) mass is 525 g/mol. The van der Waals surface area contributed by atoms with Gasteiger partial charge in [0, 0.05) is 22.6 Å². The maximum absolute atomic E-state index is 13.5. The van der Waals surface area contributed by atoms with E-state index in [1.54, 1.807) is 55.5 Å². The zero-order valence-corrected chi connectivity index (χ0v) is 21.5. The minimum Gasteiger partial charge on any atom is -0.352 e. The third-order valence-corrected chi connectivity index (χ3v) is 7.68. The minimum atomic E-state index is -3.76. The van der Waals surface area contributed by atoms with Gasteiger partial charge >= 0.3 is 0 Å². The molecule has 2 aromatic rings. The van der Waals surface area contributed by atoms with Gasteiger partial charge in [-0.15, -0.1) is 0 Å². The van der Waals surface area contributed by atoms with Gasteiger partial charge in [0.25, 0.3) is 0 Å². The molecule has 0 bridgehead atoms. The van der Waals surface area contributed by atoms with Crippen LogP contribution in [0.3, 0.4) is 0 Å². The standard InChI is InChI=1S/C24H29Cl2N3O4S/c1-17(24(31)27-20-8-6-7-9-20)28(15-18-12-13-19(25)14-22(18)26)23(30)16-29(34(2,32)33)21-10-4-3-5-11-21/h3-5,10-14,17,20H,6-9,15-16H2,1-2H3,(H,27,31). The number of sulfonamides is 1. The van der Waals surface area contributed by atoms with Crippen LogP contribution in [-0.2, 0) is 26.2 Å². The largest absolute Gasteiger partial charge is 0.352 e. The molecular formula is C24H29Cl2N3O4S. The lowest BCUT2D eigenvalue weighted by molar-refractivity contribution is -0.139. The molecule has 0 heterocycles. The van der Waals surface area contributed by atoms with Crippen molar-refractivity contribution in [1.82, 2.24) is 10.2 Å². The first-order valence-electron chi connectivity index (χ1n) is 11.1. The van der Waals surface area contributed by atoms with E-state index in [-0.39, 0.29) is 18.5 Å². The number of benzene rings is 2. The molecule has 2 aromatic carbocycles. The van der Waals surface area contributed by atoms with Crippen LogP contribution in [0.25, 0.3) is 0 Å². The number of carbonyl (C=O) groups excluding carboxylic acids is 2. The number of nitrogens with zero attached hydrogens (tertiary/aromatic N) is 2. The number of rotatable bonds is 9. The molecule has 7 nitrogen and oxygen atoms in total. The zero-order valence-electron chi connectivity index (χ0n) is 19.2. The van der Waals surface area contributed by atoms with Crippen molar-refractivity contribution in [2.75, 3.05) is 17.1 Å². The van der Waals surface area contributed by atoms with E-state index >= 15 is 0 Å². The highest BCUT2D eigenvalue weighted by Crippen LogP contribution is 2.25. The van der Waals surface area contributed by atoms with E-state index in [4.69, 9.17) is 23.2 Å². The second kappa shape index (κ2) is 11.4. The van der Waals surface area contributed by atoms with Crippen LogP contribution in [0.1, 0.15) is 38.2 Å². The molecule has 0 aromatic heterocycles. The minimum absolute atomic E-state index is 0.0283. The Morgan fingerprint density at radius 2 is 1.74 bits per heavy atom. The highest BCUT2D eigenvalue weighted by molar-refractivity contribution is 7.92. The third-order valence-electron chi connectivity index (χ3n) is 5.95. The van der Waals surface area contributed by atoms with Gasteiger partial charge in [-0.1, -0.05) is 60.3 Å². The maximum atomic E-state index is 13.5. The lowest BCUT2D eigenvalue weighted by Gasteiger charge is -2.32. The molecule has 1 saturated carbocycles. The van der Waals surface area contributed by atoms with Gasteiger partial charge in [-0.2, -0.15) is 0 Å². The summed E-state index contributed by atoms with van der Waals surface area (Å²) in [7, 11) is -3.76. The van der Waals surface area contributed by atoms with Gasteiger partial charge < -0.3 is 10.2 Å². The lowest BCUT2D eigenvalue weighted by atomic mass is 10.1. The first-order chi connectivity index (χ1) is 16.1. The average Bonchev–Trinajstić information content (AvgIpc) is 3.29. The Morgan fingerprint density at radius 3 is 2.32 bits per heavy atom. The van der Waals surface area contributed by atoms with Crippen LogP contribution in [0.15, 0.2) is 48.5 Å². The number of carbonyl (C=O) groups is 2. The Kier molecular flexibility index (Phi) is 8.84. The summed E-state index contributed by atoms with van der Waals surface area (Å²) in [4.78, 5) is 27.9. The molecule has 1 atom stereocenters. The predicted octanol–water partition coefficient (Wildman–Crippen LogP) is 4.24. The van der Waals surface area contributed by atoms with E-state index < -0.39 is 28.5 Å². The van der Waals surface area contributed by atoms with E-state index in [1.807, 2.05) is 0 Å². The Balaban J connectivity index is 1.89. The Bertz CT molecular complexity index is 1120. The lowest BCUT2D eigenvalue weighted by Crippen LogP contribution is -2.52. The molecule has 0 aliphatic heterocycles. The molecule has 1 N–H and O–H groups in total. The van der Waals surface area contributed by atoms with Crippen LogP contribution < -0.4 is 9.62 Å². The molecule has 1 fully saturated rings. The summed E-state index contributed by atoms with van der Waals surface area (Å²) in [5.41, 5.74) is 0.969. The van der Waals surface area contributed by atoms with Crippen molar-refractivity contribution in [2.24, 2.45) is 0 Å². The van der Waals surface area contributed by atoms with Crippen LogP contribution in [-0.4, -0.2) is 50.0 Å². The quantitative estimate of drug-likeness (QED) is 0.530. The summed E-state index contributed by atoms with van der Waals surface area (Å²) in [6.07, 6.45) is 4.98. The van der Waals surface area contributed by atoms with Gasteiger partial charge in [-0.3, -0.25) is 13.9 Å². The van der Waals surface area contributed by atoms with Gasteiger partial charge in [0.05, 0.1) is 11.9 Å². The Labute approximate surface area is 211 Å². The van der Waals surface area contributed by atoms with Crippen molar-refractivity contribution in [2.45, 2.75) is 51.2 Å². The fraction of sp³-hybridized carbons (Fsp3) is 0.417. The molecule has 10 heteroatoms. The fourth-order valence-corrected chi connectivity index (χ4v) is 5.33. The number of anilines is 1. The molecule has 0 saturated heterocycles. The van der Waals surface area contributed by atoms with Crippen molar-refractivity contribution >= 4 is 50.7 Å². The molecule has 3 rings (SSSR count). The number of hydrogen-bond acceptors (Lipinski definition) is 4. The van der Waals surface area contributed by atoms with Gasteiger partial charge in [-0.25, -0.2) is 8.42 Å². The summed E-state index contributed by atoms with van der Waals surface area (Å²) in [5, 5.41) is 3.83. The van der Waals surface area contributed by atoms with Crippen molar-refractivity contribution < 1.29 is 18.0 Å². The Morgan fingerprint density at radius 1 is 1.09 bits per heavy atom. The summed E-state index contributed by atoms with van der Waals surface area (Å²) in [6, 6.07) is 12.5. The van der Waals surface area contributed by atoms with Crippen molar-refractivity contribution in [1.29, 1.82) is 0 Å². The van der Waals surface area contributed by atoms with Crippen LogP contribution in [0.4, 0.5) is 5.69 Å². The van der Waals surface area contributed by atoms with Gasteiger partial charge in [0.15, 0.2) is 0 Å². The van der Waals surface area contributed by atoms with Crippen LogP contribution in [0.2, 0.25) is 10.0 Å². The van der Waals surface area contributed by atoms with E-state index in [0.717, 1.165) is 36.2 Å². The predicted molar refractivity (Wildman–Crippen MR) is 136 cm³/mol. The van der Waals surface area contributed by atoms with E-state index in [1.165, 1.54) is 4.90 Å². The van der Waals surface area contributed by atoms with Crippen molar-refractivity contribution in [3.63, 3.8) is 0 Å². The maximum Gasteiger partial charge on any atom is 0.244 e. The molecule has 1 aliphatic rings. The smallest absolute Gasteiger partial charge is 0.244 e. The summed E-state index contributed by atoms with van der Waals surface area (Å²) in [6.45, 7) is 1.22. The highest BCUT2D eigenvalue weighted by Gasteiger charge is 2.31. The molecule has 1 aliphatic carbocycles. The number of hydrogen-bond donors (Lipinski definition) is 1. The van der Waals surface area contributed by atoms with Crippen molar-refractivity contribution in [3.05, 3.63) is 64.1 Å². The van der Waals surface area contributed by atoms with Crippen LogP contribution >= 0.6 is 23.2 Å². The molecule has 0 radical (unpaired) electrons. The third kappa shape index (κ3) is 6.87. The normalized spacial score (nSPS) is 15.1. The van der Waals surface area contributed by atoms with Crippen LogP contribution in [0, 0.1) is 0 Å². The van der Waals surface area contributed by atoms with E-state index in [9.17, 15) is 18.0 Å². The molecule has 184 valence electrons. The SMILES string of the molecule is CC(C(=O)NC1CCCC1)N(Cc1ccc(Cl)cc1Cl)C(=O)CN(c1ccccc1)S(C)(=O)=O. The number of para-hydroxylation sites is 1. The topological polar surface area (TPSA) is 86.8 Å². The first kappa shape index (κ1) is 26.3. The molecule has 2 amide bonds. The first-order valence-corrected chi connectivity index (χ1v) is 13.7. The van der Waals surface area contributed by atoms with Gasteiger partial charge in [0.1, 0.15) is 12.6 Å². The number of nitrogens with one attached hydrogen (secondary N) is 1. The summed E-state index contributed by atoms with van der Waals surface area (Å²) >= 11 is 12.4. The van der Waals surface area contributed by atoms with Crippen molar-refractivity contribution in [3.8, 4) is 0 Å². The Hall–Kier alpha value is -2.29. The zero-order chi connectivity index (χ0) is 24.9. The van der Waals surface area contributed by atoms with Gasteiger partial charge in [-0.05, 0) is 49.6 Å². The molecular weight excluding hydrogens is 497 g/mol. The molecule has 1 unspecified atom stereocenters. The van der Waals surface area contributed by atoms with Gasteiger partial charge in [0.2, 0.25) is 21.8 Å². The summed E-state index contributed by atoms with van der Waals surface area (Å²) in [5.74, 6) is -0.801. The van der Waals surface area contributed by atoms with E-state index in [0.29, 0.717) is 21.3 Å². The second-order valence-corrected chi connectivity index (χ2v) is 11.3. The fourth-order valence-electron chi connectivity index (χ4n) is 4.02. The highest BCUT2D eigenvalue weighted by atomic mass is 35.5. The van der Waals surface area contributed by atoms with Crippen LogP contribution in [0.5, 0.6) is 0 Å². The number of amides is 2. The second-order valence-electron chi connectivity index (χ2n) is 8.53. The van der Waals surface area contributed by atoms with E-state index in [2.05, 4.69) is 5.32 Å².